The number of aromatic nitrogens is 3. The van der Waals surface area contributed by atoms with Gasteiger partial charge in [0.25, 0.3) is 12.3 Å². The molecule has 0 bridgehead atoms. The molecule has 2 heterocycles. The topological polar surface area (TPSA) is 85.6 Å². The molecule has 0 spiro atoms. The molecule has 0 saturated carbocycles. The molecule has 0 fully saturated rings. The van der Waals surface area contributed by atoms with Crippen LogP contribution in [-0.2, 0) is 9.53 Å². The molecule has 7 nitrogen and oxygen atoms in total. The molecular weight excluding hydrogens is 346 g/mol. The van der Waals surface area contributed by atoms with Crippen molar-refractivity contribution in [2.24, 2.45) is 0 Å². The zero-order valence-electron chi connectivity index (χ0n) is 13.6. The Morgan fingerprint density at radius 2 is 2.00 bits per heavy atom. The average molecular weight is 360 g/mol. The minimum absolute atomic E-state index is 0.0198. The Morgan fingerprint density at radius 1 is 1.27 bits per heavy atom. The van der Waals surface area contributed by atoms with Gasteiger partial charge in [-0.05, 0) is 6.07 Å². The van der Waals surface area contributed by atoms with Crippen LogP contribution in [-0.4, -0.2) is 40.1 Å². The number of carbonyl (C=O) groups excluding carboxylic acids is 2. The van der Waals surface area contributed by atoms with Crippen LogP contribution in [0.15, 0.2) is 42.6 Å². The van der Waals surface area contributed by atoms with E-state index in [9.17, 15) is 18.4 Å². The number of hydrogen-bond donors (Lipinski definition) is 1. The molecule has 0 unspecified atom stereocenters. The first-order valence-electron chi connectivity index (χ1n) is 7.58. The second-order valence-corrected chi connectivity index (χ2v) is 5.29. The Balaban J connectivity index is 2.07. The third-order valence-electron chi connectivity index (χ3n) is 3.66. The smallest absolute Gasteiger partial charge is 0.325 e. The fraction of sp³-hybridized carbons (Fsp3) is 0.176. The maximum Gasteiger partial charge on any atom is 0.325 e. The SMILES string of the molecule is COC(=O)CNC(=O)c1cnn2c(C(F)F)cc(-c3ccccc3)nc12. The van der Waals surface area contributed by atoms with Crippen LogP contribution in [0.3, 0.4) is 0 Å². The number of nitrogens with one attached hydrogen (secondary N) is 1. The van der Waals surface area contributed by atoms with Gasteiger partial charge < -0.3 is 10.1 Å². The lowest BCUT2D eigenvalue weighted by molar-refractivity contribution is -0.139. The maximum atomic E-state index is 13.5. The van der Waals surface area contributed by atoms with Crippen LogP contribution in [0, 0.1) is 0 Å². The number of amides is 1. The second-order valence-electron chi connectivity index (χ2n) is 5.29. The van der Waals surface area contributed by atoms with Gasteiger partial charge in [-0.2, -0.15) is 5.10 Å². The van der Waals surface area contributed by atoms with E-state index in [1.807, 2.05) is 0 Å². The van der Waals surface area contributed by atoms with Crippen LogP contribution < -0.4 is 5.32 Å². The van der Waals surface area contributed by atoms with Crippen LogP contribution in [0.25, 0.3) is 16.9 Å². The summed E-state index contributed by atoms with van der Waals surface area (Å²) in [5.41, 5.74) is 0.480. The number of benzene rings is 1. The van der Waals surface area contributed by atoms with Gasteiger partial charge >= 0.3 is 5.97 Å². The zero-order valence-corrected chi connectivity index (χ0v) is 13.6. The Labute approximate surface area is 146 Å². The van der Waals surface area contributed by atoms with E-state index in [0.717, 1.165) is 10.7 Å². The van der Waals surface area contributed by atoms with Crippen molar-refractivity contribution in [1.29, 1.82) is 0 Å². The third-order valence-corrected chi connectivity index (χ3v) is 3.66. The standard InChI is InChI=1S/C17H14F2N4O3/c1-26-14(24)9-20-17(25)11-8-21-23-13(15(18)19)7-12(22-16(11)23)10-5-3-2-4-6-10/h2-8,15H,9H2,1H3,(H,20,25). The second kappa shape index (κ2) is 7.26. The number of esters is 1. The largest absolute Gasteiger partial charge is 0.468 e. The quantitative estimate of drug-likeness (QED) is 0.706. The number of fused-ring (bicyclic) bond motifs is 1. The van der Waals surface area contributed by atoms with E-state index < -0.39 is 18.3 Å². The lowest BCUT2D eigenvalue weighted by Crippen LogP contribution is -2.30. The molecule has 0 aliphatic carbocycles. The van der Waals surface area contributed by atoms with Crippen LogP contribution >= 0.6 is 0 Å². The van der Waals surface area contributed by atoms with Crippen LogP contribution in [0.2, 0.25) is 0 Å². The van der Waals surface area contributed by atoms with Gasteiger partial charge in [-0.15, -0.1) is 0 Å². The first kappa shape index (κ1) is 17.5. The summed E-state index contributed by atoms with van der Waals surface area (Å²) < 4.78 is 32.3. The van der Waals surface area contributed by atoms with E-state index in [1.165, 1.54) is 13.2 Å². The molecule has 0 aliphatic rings. The first-order chi connectivity index (χ1) is 12.5. The van der Waals surface area contributed by atoms with E-state index in [-0.39, 0.29) is 29.1 Å². The monoisotopic (exact) mass is 360 g/mol. The highest BCUT2D eigenvalue weighted by atomic mass is 19.3. The minimum Gasteiger partial charge on any atom is -0.468 e. The van der Waals surface area contributed by atoms with Gasteiger partial charge in [0.1, 0.15) is 17.8 Å². The molecule has 0 aliphatic heterocycles. The number of methoxy groups -OCH3 is 1. The third kappa shape index (κ3) is 3.37. The number of nitrogens with zero attached hydrogens (tertiary/aromatic N) is 3. The molecular formula is C17H14F2N4O3. The van der Waals surface area contributed by atoms with Crippen molar-refractivity contribution in [2.75, 3.05) is 13.7 Å². The minimum atomic E-state index is -2.81. The summed E-state index contributed by atoms with van der Waals surface area (Å²) in [7, 11) is 1.19. The Hall–Kier alpha value is -3.36. The van der Waals surface area contributed by atoms with Gasteiger partial charge in [0.2, 0.25) is 0 Å². The summed E-state index contributed by atoms with van der Waals surface area (Å²) in [5, 5.41) is 6.18. The molecule has 1 N–H and O–H groups in total. The molecule has 2 aromatic heterocycles. The zero-order chi connectivity index (χ0) is 18.7. The fourth-order valence-electron chi connectivity index (χ4n) is 2.38. The highest BCUT2D eigenvalue weighted by Crippen LogP contribution is 2.26. The lowest BCUT2D eigenvalue weighted by Gasteiger charge is -2.08. The Kier molecular flexibility index (Phi) is 4.87. The van der Waals surface area contributed by atoms with Crippen molar-refractivity contribution in [3.05, 3.63) is 53.9 Å². The molecule has 3 aromatic rings. The first-order valence-corrected chi connectivity index (χ1v) is 7.58. The highest BCUT2D eigenvalue weighted by Gasteiger charge is 2.21. The maximum absolute atomic E-state index is 13.5. The summed E-state index contributed by atoms with van der Waals surface area (Å²) in [4.78, 5) is 27.7. The Morgan fingerprint density at radius 3 is 2.65 bits per heavy atom. The van der Waals surface area contributed by atoms with Gasteiger partial charge in [0, 0.05) is 5.56 Å². The normalized spacial score (nSPS) is 10.9. The molecule has 1 aromatic carbocycles. The lowest BCUT2D eigenvalue weighted by atomic mass is 10.1. The predicted octanol–water partition coefficient (Wildman–Crippen LogP) is 2.24. The van der Waals surface area contributed by atoms with Crippen molar-refractivity contribution in [3.63, 3.8) is 0 Å². The summed E-state index contributed by atoms with van der Waals surface area (Å²) >= 11 is 0. The predicted molar refractivity (Wildman–Crippen MR) is 87.7 cm³/mol. The summed E-state index contributed by atoms with van der Waals surface area (Å²) in [6, 6.07) is 9.98. The number of alkyl halides is 2. The van der Waals surface area contributed by atoms with Crippen molar-refractivity contribution < 1.29 is 23.1 Å². The number of ether oxygens (including phenoxy) is 1. The van der Waals surface area contributed by atoms with Crippen LogP contribution in [0.1, 0.15) is 22.5 Å². The van der Waals surface area contributed by atoms with Crippen molar-refractivity contribution >= 4 is 17.5 Å². The molecule has 0 atom stereocenters. The molecule has 134 valence electrons. The van der Waals surface area contributed by atoms with Crippen molar-refractivity contribution in [2.45, 2.75) is 6.43 Å². The fourth-order valence-corrected chi connectivity index (χ4v) is 2.38. The van der Waals surface area contributed by atoms with Gasteiger partial charge in [0.15, 0.2) is 5.65 Å². The van der Waals surface area contributed by atoms with Crippen molar-refractivity contribution in [3.8, 4) is 11.3 Å². The van der Waals surface area contributed by atoms with Gasteiger partial charge in [-0.3, -0.25) is 9.59 Å². The van der Waals surface area contributed by atoms with E-state index in [4.69, 9.17) is 0 Å². The van der Waals surface area contributed by atoms with E-state index in [2.05, 4.69) is 20.1 Å². The number of hydrogen-bond acceptors (Lipinski definition) is 5. The van der Waals surface area contributed by atoms with E-state index in [1.54, 1.807) is 30.3 Å². The van der Waals surface area contributed by atoms with Gasteiger partial charge in [-0.1, -0.05) is 30.3 Å². The van der Waals surface area contributed by atoms with E-state index >= 15 is 0 Å². The number of halogens is 2. The van der Waals surface area contributed by atoms with Crippen molar-refractivity contribution in [1.82, 2.24) is 19.9 Å². The molecule has 3 rings (SSSR count). The van der Waals surface area contributed by atoms with Crippen LogP contribution in [0.5, 0.6) is 0 Å². The molecule has 0 radical (unpaired) electrons. The Bertz CT molecular complexity index is 957. The number of rotatable bonds is 5. The molecule has 9 heteroatoms. The van der Waals surface area contributed by atoms with Gasteiger partial charge in [0.05, 0.1) is 19.0 Å². The average Bonchev–Trinajstić information content (AvgIpc) is 3.09. The summed E-state index contributed by atoms with van der Waals surface area (Å²) in [5.74, 6) is -1.30. The van der Waals surface area contributed by atoms with Crippen LogP contribution in [0.4, 0.5) is 8.78 Å². The van der Waals surface area contributed by atoms with Gasteiger partial charge in [-0.25, -0.2) is 18.3 Å². The highest BCUT2D eigenvalue weighted by molar-refractivity contribution is 6.01. The summed E-state index contributed by atoms with van der Waals surface area (Å²) in [6.07, 6.45) is -1.68. The molecule has 0 saturated heterocycles. The number of carbonyl (C=O) groups is 2. The molecule has 1 amide bonds. The van der Waals surface area contributed by atoms with E-state index in [0.29, 0.717) is 5.56 Å². The molecule has 26 heavy (non-hydrogen) atoms. The summed E-state index contributed by atoms with van der Waals surface area (Å²) in [6.45, 7) is -0.354.